The molecule has 0 spiro atoms. The highest BCUT2D eigenvalue weighted by atomic mass is 79.9. The largest absolute Gasteiger partial charge is 0.480 e. The molecule has 0 saturated heterocycles. The van der Waals surface area contributed by atoms with Crippen LogP contribution in [-0.4, -0.2) is 17.2 Å². The van der Waals surface area contributed by atoms with Gasteiger partial charge in [-0.15, -0.1) is 10.2 Å². The minimum absolute atomic E-state index is 0.0698. The second-order valence-corrected chi connectivity index (χ2v) is 1.90. The third-order valence-corrected chi connectivity index (χ3v) is 0.955. The van der Waals surface area contributed by atoms with Gasteiger partial charge in [0.25, 0.3) is 0 Å². The minimum atomic E-state index is -2.69. The van der Waals surface area contributed by atoms with Crippen molar-refractivity contribution in [1.82, 2.24) is 10.2 Å². The van der Waals surface area contributed by atoms with Crippen LogP contribution in [0.2, 0.25) is 0 Å². The van der Waals surface area contributed by atoms with Crippen molar-refractivity contribution >= 4 is 15.9 Å². The van der Waals surface area contributed by atoms with E-state index in [4.69, 9.17) is 6.85 Å². The first-order chi connectivity index (χ1) is 6.31. The normalized spacial score (nSPS) is 18.6. The number of nitrogens with zero attached hydrogens (tertiary/aromatic N) is 2. The molecule has 0 aromatic carbocycles. The molecule has 1 heterocycles. The summed E-state index contributed by atoms with van der Waals surface area (Å²) in [4.78, 5) is 0. The van der Waals surface area contributed by atoms with Crippen molar-refractivity contribution in [2.24, 2.45) is 0 Å². The minimum Gasteiger partial charge on any atom is -0.480 e. The van der Waals surface area contributed by atoms with Crippen LogP contribution in [0.1, 0.15) is 6.85 Å². The third-order valence-electron chi connectivity index (χ3n) is 0.598. The molecule has 1 aromatic rings. The number of hydrogen-bond acceptors (Lipinski definition) is 3. The summed E-state index contributed by atoms with van der Waals surface area (Å²) in [7, 11) is -2.69. The Morgan fingerprint density at radius 1 is 1.78 bits per heavy atom. The Balaban J connectivity index is 3.06. The fourth-order valence-electron chi connectivity index (χ4n) is 0.290. The molecule has 0 aliphatic carbocycles. The zero-order valence-electron chi connectivity index (χ0n) is 9.18. The Morgan fingerprint density at radius 3 is 3.44 bits per heavy atom. The molecule has 0 unspecified atom stereocenters. The summed E-state index contributed by atoms with van der Waals surface area (Å²) in [6.45, 7) is 0. The summed E-state index contributed by atoms with van der Waals surface area (Å²) >= 11 is 2.88. The van der Waals surface area contributed by atoms with Crippen molar-refractivity contribution in [3.63, 3.8) is 0 Å². The SMILES string of the molecule is [2H]c1c(Br)nnc(OC([2H])([2H])[2H])c1[2H]. The van der Waals surface area contributed by atoms with Crippen LogP contribution in [0.15, 0.2) is 16.7 Å². The quantitative estimate of drug-likeness (QED) is 0.674. The van der Waals surface area contributed by atoms with Crippen molar-refractivity contribution < 1.29 is 11.6 Å². The van der Waals surface area contributed by atoms with Gasteiger partial charge in [-0.25, -0.2) is 0 Å². The van der Waals surface area contributed by atoms with Crippen LogP contribution in [0.4, 0.5) is 0 Å². The van der Waals surface area contributed by atoms with Crippen LogP contribution in [0.3, 0.4) is 0 Å². The van der Waals surface area contributed by atoms with Crippen LogP contribution in [0.25, 0.3) is 0 Å². The van der Waals surface area contributed by atoms with Crippen molar-refractivity contribution in [2.75, 3.05) is 7.04 Å². The molecule has 48 valence electrons. The molecule has 0 bridgehead atoms. The van der Waals surface area contributed by atoms with E-state index >= 15 is 0 Å². The fourth-order valence-corrected chi connectivity index (χ4v) is 0.469. The van der Waals surface area contributed by atoms with E-state index < -0.39 is 19.0 Å². The van der Waals surface area contributed by atoms with E-state index in [9.17, 15) is 0 Å². The lowest BCUT2D eigenvalue weighted by Crippen LogP contribution is -1.88. The number of hydrogen-bond donors (Lipinski definition) is 0. The molecule has 9 heavy (non-hydrogen) atoms. The van der Waals surface area contributed by atoms with Crippen molar-refractivity contribution in [3.05, 3.63) is 16.7 Å². The molecule has 0 aliphatic rings. The van der Waals surface area contributed by atoms with E-state index in [0.29, 0.717) is 0 Å². The maximum Gasteiger partial charge on any atom is 0.233 e. The number of halogens is 1. The van der Waals surface area contributed by atoms with Gasteiger partial charge >= 0.3 is 0 Å². The molecule has 1 aromatic heterocycles. The number of aromatic nitrogens is 2. The van der Waals surface area contributed by atoms with E-state index in [0.717, 1.165) is 0 Å². The monoisotopic (exact) mass is 193 g/mol. The molecular weight excluding hydrogens is 184 g/mol. The first-order valence-corrected chi connectivity index (χ1v) is 2.79. The molecule has 0 saturated carbocycles. The van der Waals surface area contributed by atoms with Gasteiger partial charge in [0.2, 0.25) is 5.88 Å². The molecule has 4 heteroatoms. The van der Waals surface area contributed by atoms with E-state index in [1.54, 1.807) is 0 Å². The van der Waals surface area contributed by atoms with Crippen molar-refractivity contribution in [3.8, 4) is 5.88 Å². The highest BCUT2D eigenvalue weighted by Gasteiger charge is 1.90. The third kappa shape index (κ3) is 1.64. The van der Waals surface area contributed by atoms with Gasteiger partial charge in [0, 0.05) is 6.04 Å². The molecular formula is C5H5BrN2O. The molecule has 0 aliphatic heterocycles. The first kappa shape index (κ1) is 2.54. The van der Waals surface area contributed by atoms with Crippen molar-refractivity contribution in [2.45, 2.75) is 0 Å². The van der Waals surface area contributed by atoms with Crippen LogP contribution in [0, 0.1) is 0 Å². The zero-order valence-corrected chi connectivity index (χ0v) is 5.77. The lowest BCUT2D eigenvalue weighted by atomic mass is 10.6. The number of ether oxygens (including phenoxy) is 1. The maximum atomic E-state index is 7.32. The molecule has 1 rings (SSSR count). The Morgan fingerprint density at radius 2 is 2.67 bits per heavy atom. The van der Waals surface area contributed by atoms with E-state index in [-0.39, 0.29) is 10.6 Å². The van der Waals surface area contributed by atoms with Gasteiger partial charge in [0.1, 0.15) is 4.60 Å². The summed E-state index contributed by atoms with van der Waals surface area (Å²) in [5.74, 6) is -0.474. The predicted octanol–water partition coefficient (Wildman–Crippen LogP) is 1.25. The van der Waals surface area contributed by atoms with Gasteiger partial charge in [-0.2, -0.15) is 0 Å². The highest BCUT2D eigenvalue weighted by Crippen LogP contribution is 2.07. The number of rotatable bonds is 1. The van der Waals surface area contributed by atoms with Crippen LogP contribution in [-0.2, 0) is 0 Å². The highest BCUT2D eigenvalue weighted by molar-refractivity contribution is 9.10. The summed E-state index contributed by atoms with van der Waals surface area (Å²) in [6, 6.07) is -0.678. The van der Waals surface area contributed by atoms with Gasteiger partial charge in [0.05, 0.1) is 13.9 Å². The lowest BCUT2D eigenvalue weighted by Gasteiger charge is -1.93. The number of methoxy groups -OCH3 is 1. The molecule has 0 amide bonds. The van der Waals surface area contributed by atoms with Gasteiger partial charge in [-0.3, -0.25) is 0 Å². The second kappa shape index (κ2) is 2.77. The van der Waals surface area contributed by atoms with E-state index in [1.165, 1.54) is 0 Å². The Hall–Kier alpha value is -0.640. The Bertz CT molecular complexity index is 355. The van der Waals surface area contributed by atoms with Gasteiger partial charge in [0.15, 0.2) is 0 Å². The Labute approximate surface area is 68.2 Å². The van der Waals surface area contributed by atoms with E-state index in [2.05, 4.69) is 30.9 Å². The van der Waals surface area contributed by atoms with Gasteiger partial charge in [-0.05, 0) is 22.0 Å². The smallest absolute Gasteiger partial charge is 0.233 e. The fraction of sp³-hybridized carbons (Fsp3) is 0.200. The molecule has 0 fully saturated rings. The first-order valence-electron chi connectivity index (χ1n) is 4.49. The van der Waals surface area contributed by atoms with Crippen LogP contribution in [0.5, 0.6) is 5.88 Å². The summed E-state index contributed by atoms with van der Waals surface area (Å²) in [6.07, 6.45) is 0. The van der Waals surface area contributed by atoms with Gasteiger partial charge < -0.3 is 4.74 Å². The standard InChI is InChI=1S/C5H5BrN2O/c1-9-5-3-2-4(6)7-8-5/h2-3H,1H3/i1D3,2D,3D. The van der Waals surface area contributed by atoms with Crippen LogP contribution < -0.4 is 4.74 Å². The molecule has 3 nitrogen and oxygen atoms in total. The Kier molecular flexibility index (Phi) is 0.782. The summed E-state index contributed by atoms with van der Waals surface area (Å²) in [5.41, 5.74) is 0. The molecule has 0 radical (unpaired) electrons. The van der Waals surface area contributed by atoms with Gasteiger partial charge in [-0.1, -0.05) is 0 Å². The average Bonchev–Trinajstić information content (AvgIpc) is 2.04. The second-order valence-electron chi connectivity index (χ2n) is 1.15. The molecule has 0 atom stereocenters. The van der Waals surface area contributed by atoms with Crippen molar-refractivity contribution in [1.29, 1.82) is 0 Å². The lowest BCUT2D eigenvalue weighted by molar-refractivity contribution is 0.391. The van der Waals surface area contributed by atoms with E-state index in [1.807, 2.05) is 0 Å². The maximum absolute atomic E-state index is 7.32. The predicted molar refractivity (Wildman–Crippen MR) is 36.3 cm³/mol. The van der Waals surface area contributed by atoms with Crippen LogP contribution >= 0.6 is 15.9 Å². The summed E-state index contributed by atoms with van der Waals surface area (Å²) in [5, 5.41) is 6.75. The molecule has 0 N–H and O–H groups in total. The summed E-state index contributed by atoms with van der Waals surface area (Å²) < 4.78 is 39.4. The average molecular weight is 194 g/mol. The zero-order chi connectivity index (χ0) is 10.9. The topological polar surface area (TPSA) is 35.0 Å².